The Morgan fingerprint density at radius 2 is 2.25 bits per heavy atom. The van der Waals surface area contributed by atoms with Gasteiger partial charge in [-0.25, -0.2) is 4.39 Å². The third-order valence-electron chi connectivity index (χ3n) is 1.78. The van der Waals surface area contributed by atoms with Crippen LogP contribution >= 0.6 is 15.9 Å². The van der Waals surface area contributed by atoms with Crippen LogP contribution in [0.2, 0.25) is 0 Å². The van der Waals surface area contributed by atoms with Gasteiger partial charge in [-0.2, -0.15) is 0 Å². The number of halogens is 2. The normalized spacial score (nSPS) is 10.3. The number of phenolic OH excluding ortho intramolecular Hbond substituents is 1. The maximum atomic E-state index is 13.0. The third-order valence-corrected chi connectivity index (χ3v) is 2.39. The second-order valence-electron chi connectivity index (χ2n) is 2.50. The Balaban J connectivity index is 3.42. The van der Waals surface area contributed by atoms with Crippen molar-refractivity contribution in [3.8, 4) is 5.75 Å². The lowest BCUT2D eigenvalue weighted by Crippen LogP contribution is -2.01. The minimum Gasteiger partial charge on any atom is -0.506 e. The van der Waals surface area contributed by atoms with Gasteiger partial charge in [0.2, 0.25) is 0 Å². The van der Waals surface area contributed by atoms with Gasteiger partial charge in [0.25, 0.3) is 0 Å². The molecule has 0 saturated heterocycles. The molecule has 0 saturated carbocycles. The lowest BCUT2D eigenvalue weighted by atomic mass is 10.1. The van der Waals surface area contributed by atoms with Crippen LogP contribution in [-0.2, 0) is 6.54 Å². The zero-order valence-corrected chi connectivity index (χ0v) is 8.15. The summed E-state index contributed by atoms with van der Waals surface area (Å²) in [5.41, 5.74) is 6.19. The second kappa shape index (κ2) is 3.41. The Morgan fingerprint density at radius 1 is 1.67 bits per heavy atom. The fraction of sp³-hybridized carbons (Fsp3) is 0.250. The van der Waals surface area contributed by atoms with Crippen molar-refractivity contribution < 1.29 is 9.50 Å². The Bertz CT molecular complexity index is 288. The highest BCUT2D eigenvalue weighted by Crippen LogP contribution is 2.31. The molecule has 0 aliphatic carbocycles. The van der Waals surface area contributed by atoms with Gasteiger partial charge >= 0.3 is 0 Å². The number of rotatable bonds is 1. The SMILES string of the molecule is Cc1c(F)cc(Br)c(O)c1CN. The maximum absolute atomic E-state index is 13.0. The first-order valence-corrected chi connectivity index (χ1v) is 4.23. The minimum absolute atomic E-state index is 0.0244. The average molecular weight is 234 g/mol. The second-order valence-corrected chi connectivity index (χ2v) is 3.35. The average Bonchev–Trinajstić information content (AvgIpc) is 2.02. The molecule has 0 aliphatic heterocycles. The molecule has 1 aromatic rings. The molecule has 1 rings (SSSR count). The van der Waals surface area contributed by atoms with Crippen LogP contribution in [0.15, 0.2) is 10.5 Å². The molecule has 0 spiro atoms. The van der Waals surface area contributed by atoms with Crippen molar-refractivity contribution in [1.82, 2.24) is 0 Å². The highest BCUT2D eigenvalue weighted by atomic mass is 79.9. The highest BCUT2D eigenvalue weighted by Gasteiger charge is 2.11. The van der Waals surface area contributed by atoms with Crippen molar-refractivity contribution in [2.24, 2.45) is 5.73 Å². The highest BCUT2D eigenvalue weighted by molar-refractivity contribution is 9.10. The van der Waals surface area contributed by atoms with Gasteiger partial charge in [-0.1, -0.05) is 0 Å². The van der Waals surface area contributed by atoms with Crippen molar-refractivity contribution in [3.63, 3.8) is 0 Å². The van der Waals surface area contributed by atoms with E-state index in [0.29, 0.717) is 15.6 Å². The van der Waals surface area contributed by atoms with Crippen LogP contribution in [0.5, 0.6) is 5.75 Å². The van der Waals surface area contributed by atoms with Crippen molar-refractivity contribution in [2.75, 3.05) is 0 Å². The van der Waals surface area contributed by atoms with E-state index >= 15 is 0 Å². The summed E-state index contributed by atoms with van der Waals surface area (Å²) in [6.07, 6.45) is 0. The number of benzene rings is 1. The van der Waals surface area contributed by atoms with E-state index in [1.165, 1.54) is 6.07 Å². The molecule has 0 bridgehead atoms. The van der Waals surface area contributed by atoms with Crippen LogP contribution in [0, 0.1) is 12.7 Å². The monoisotopic (exact) mass is 233 g/mol. The molecule has 4 heteroatoms. The van der Waals surface area contributed by atoms with Gasteiger partial charge in [-0.05, 0) is 34.5 Å². The first-order chi connectivity index (χ1) is 5.57. The lowest BCUT2D eigenvalue weighted by molar-refractivity contribution is 0.460. The molecule has 0 atom stereocenters. The van der Waals surface area contributed by atoms with E-state index in [2.05, 4.69) is 15.9 Å². The molecule has 3 N–H and O–H groups in total. The van der Waals surface area contributed by atoms with E-state index in [0.717, 1.165) is 0 Å². The van der Waals surface area contributed by atoms with Gasteiger partial charge in [0, 0.05) is 12.1 Å². The standard InChI is InChI=1S/C8H9BrFNO/c1-4-5(3-11)8(12)6(9)2-7(4)10/h2,12H,3,11H2,1H3. The van der Waals surface area contributed by atoms with Gasteiger partial charge in [-0.3, -0.25) is 0 Å². The molecule has 0 radical (unpaired) electrons. The third kappa shape index (κ3) is 1.44. The van der Waals surface area contributed by atoms with Gasteiger partial charge < -0.3 is 10.8 Å². The minimum atomic E-state index is -0.361. The summed E-state index contributed by atoms with van der Waals surface area (Å²) in [4.78, 5) is 0. The molecule has 66 valence electrons. The summed E-state index contributed by atoms with van der Waals surface area (Å²) in [5, 5.41) is 9.41. The molecular formula is C8H9BrFNO. The molecule has 12 heavy (non-hydrogen) atoms. The van der Waals surface area contributed by atoms with Crippen LogP contribution in [0.3, 0.4) is 0 Å². The number of hydrogen-bond donors (Lipinski definition) is 2. The number of hydrogen-bond acceptors (Lipinski definition) is 2. The number of phenols is 1. The Morgan fingerprint density at radius 3 is 2.75 bits per heavy atom. The zero-order valence-electron chi connectivity index (χ0n) is 6.56. The molecule has 0 aliphatic rings. The van der Waals surface area contributed by atoms with Crippen molar-refractivity contribution >= 4 is 15.9 Å². The smallest absolute Gasteiger partial charge is 0.134 e. The first-order valence-electron chi connectivity index (χ1n) is 3.44. The Hall–Kier alpha value is -0.610. The topological polar surface area (TPSA) is 46.2 Å². The Labute approximate surface area is 78.3 Å². The molecule has 0 amide bonds. The van der Waals surface area contributed by atoms with Crippen LogP contribution in [0.1, 0.15) is 11.1 Å². The first kappa shape index (κ1) is 9.48. The molecular weight excluding hydrogens is 225 g/mol. The summed E-state index contributed by atoms with van der Waals surface area (Å²) in [5.74, 6) is -0.337. The van der Waals surface area contributed by atoms with Gasteiger partial charge in [0.1, 0.15) is 11.6 Å². The fourth-order valence-corrected chi connectivity index (χ4v) is 1.44. The largest absolute Gasteiger partial charge is 0.506 e. The van der Waals surface area contributed by atoms with E-state index in [1.54, 1.807) is 6.92 Å². The maximum Gasteiger partial charge on any atom is 0.134 e. The van der Waals surface area contributed by atoms with E-state index < -0.39 is 0 Å². The molecule has 0 heterocycles. The van der Waals surface area contributed by atoms with Crippen LogP contribution in [-0.4, -0.2) is 5.11 Å². The van der Waals surface area contributed by atoms with E-state index in [1.807, 2.05) is 0 Å². The van der Waals surface area contributed by atoms with Crippen LogP contribution in [0.4, 0.5) is 4.39 Å². The molecule has 0 aromatic heterocycles. The molecule has 0 unspecified atom stereocenters. The van der Waals surface area contributed by atoms with E-state index in [4.69, 9.17) is 5.73 Å². The lowest BCUT2D eigenvalue weighted by Gasteiger charge is -2.08. The van der Waals surface area contributed by atoms with Crippen LogP contribution < -0.4 is 5.73 Å². The molecule has 2 nitrogen and oxygen atoms in total. The summed E-state index contributed by atoms with van der Waals surface area (Å²) >= 11 is 3.03. The summed E-state index contributed by atoms with van der Waals surface area (Å²) < 4.78 is 13.3. The van der Waals surface area contributed by atoms with Crippen molar-refractivity contribution in [1.29, 1.82) is 0 Å². The zero-order chi connectivity index (χ0) is 9.30. The Kier molecular flexibility index (Phi) is 2.69. The van der Waals surface area contributed by atoms with E-state index in [-0.39, 0.29) is 18.1 Å². The van der Waals surface area contributed by atoms with Gasteiger partial charge in [-0.15, -0.1) is 0 Å². The molecule has 1 aromatic carbocycles. The predicted molar refractivity (Wildman–Crippen MR) is 48.4 cm³/mol. The predicted octanol–water partition coefficient (Wildman–Crippen LogP) is 2.06. The fourth-order valence-electron chi connectivity index (χ4n) is 1.00. The van der Waals surface area contributed by atoms with Gasteiger partial charge in [0.15, 0.2) is 0 Å². The van der Waals surface area contributed by atoms with Crippen molar-refractivity contribution in [2.45, 2.75) is 13.5 Å². The van der Waals surface area contributed by atoms with E-state index in [9.17, 15) is 9.50 Å². The quantitative estimate of drug-likeness (QED) is 0.781. The summed E-state index contributed by atoms with van der Waals surface area (Å²) in [6.45, 7) is 1.72. The molecule has 0 fully saturated rings. The number of nitrogens with two attached hydrogens (primary N) is 1. The van der Waals surface area contributed by atoms with Gasteiger partial charge in [0.05, 0.1) is 4.47 Å². The van der Waals surface area contributed by atoms with Crippen molar-refractivity contribution in [3.05, 3.63) is 27.5 Å². The summed E-state index contributed by atoms with van der Waals surface area (Å²) in [6, 6.07) is 1.23. The number of aromatic hydroxyl groups is 1. The summed E-state index contributed by atoms with van der Waals surface area (Å²) in [7, 11) is 0. The van der Waals surface area contributed by atoms with Crippen LogP contribution in [0.25, 0.3) is 0 Å².